The van der Waals surface area contributed by atoms with E-state index in [9.17, 15) is 0 Å². The number of rotatable bonds is 3. The Bertz CT molecular complexity index is 123. The molecule has 1 aliphatic heterocycles. The van der Waals surface area contributed by atoms with Crippen molar-refractivity contribution in [2.45, 2.75) is 26.3 Å². The second kappa shape index (κ2) is 10.5. The summed E-state index contributed by atoms with van der Waals surface area (Å²) in [7, 11) is 4.24. The summed E-state index contributed by atoms with van der Waals surface area (Å²) in [6, 6.07) is 0.696. The van der Waals surface area contributed by atoms with Crippen LogP contribution in [0.3, 0.4) is 0 Å². The SMILES string of the molecule is CC.CN(C)C1CCN(CCO)C1.[Y]. The molecule has 1 rings (SSSR count). The van der Waals surface area contributed by atoms with Gasteiger partial charge in [-0.15, -0.1) is 0 Å². The molecule has 1 aliphatic rings. The minimum atomic E-state index is 0. The van der Waals surface area contributed by atoms with Crippen LogP contribution in [0.15, 0.2) is 0 Å². The number of aliphatic hydroxyl groups is 1. The fourth-order valence-corrected chi connectivity index (χ4v) is 1.58. The van der Waals surface area contributed by atoms with E-state index in [1.54, 1.807) is 0 Å². The van der Waals surface area contributed by atoms with Gasteiger partial charge in [0.15, 0.2) is 0 Å². The Morgan fingerprint density at radius 1 is 1.36 bits per heavy atom. The van der Waals surface area contributed by atoms with Crippen molar-refractivity contribution in [3.8, 4) is 0 Å². The zero-order valence-electron chi connectivity index (χ0n) is 10.0. The van der Waals surface area contributed by atoms with Crippen molar-refractivity contribution in [1.82, 2.24) is 9.80 Å². The number of β-amino-alcohol motifs (C(OH)–C–C–N with tert-alkyl or cyclic N) is 1. The predicted molar refractivity (Wildman–Crippen MR) is 57.0 cm³/mol. The zero-order chi connectivity index (χ0) is 10.3. The Kier molecular flexibility index (Phi) is 13.0. The third kappa shape index (κ3) is 6.46. The number of likely N-dealkylation sites (tertiary alicyclic amines) is 1. The van der Waals surface area contributed by atoms with E-state index in [1.807, 2.05) is 13.8 Å². The third-order valence-corrected chi connectivity index (χ3v) is 2.39. The molecular weight excluding hydrogens is 253 g/mol. The molecule has 1 unspecified atom stereocenters. The Hall–Kier alpha value is 0.984. The molecule has 4 heteroatoms. The Morgan fingerprint density at radius 3 is 2.29 bits per heavy atom. The maximum absolute atomic E-state index is 8.70. The van der Waals surface area contributed by atoms with E-state index in [-0.39, 0.29) is 32.7 Å². The second-order valence-corrected chi connectivity index (χ2v) is 3.43. The number of nitrogens with zero attached hydrogens (tertiary/aromatic N) is 2. The van der Waals surface area contributed by atoms with Crippen LogP contribution in [-0.2, 0) is 32.7 Å². The Morgan fingerprint density at radius 2 is 1.93 bits per heavy atom. The summed E-state index contributed by atoms with van der Waals surface area (Å²) < 4.78 is 0. The minimum Gasteiger partial charge on any atom is -0.395 e. The maximum Gasteiger partial charge on any atom is 0.0558 e. The van der Waals surface area contributed by atoms with Gasteiger partial charge in [-0.2, -0.15) is 0 Å². The first-order valence-electron chi connectivity index (χ1n) is 5.23. The van der Waals surface area contributed by atoms with Gasteiger partial charge >= 0.3 is 0 Å². The van der Waals surface area contributed by atoms with Gasteiger partial charge < -0.3 is 10.0 Å². The number of hydrogen-bond acceptors (Lipinski definition) is 3. The van der Waals surface area contributed by atoms with Crippen LogP contribution >= 0.6 is 0 Å². The zero-order valence-corrected chi connectivity index (χ0v) is 12.9. The first-order chi connectivity index (χ1) is 6.24. The monoisotopic (exact) mass is 277 g/mol. The summed E-state index contributed by atoms with van der Waals surface area (Å²) in [4.78, 5) is 4.57. The van der Waals surface area contributed by atoms with Gasteiger partial charge in [0.05, 0.1) is 6.61 Å². The molecule has 1 atom stereocenters. The molecule has 0 amide bonds. The molecule has 1 radical (unpaired) electrons. The van der Waals surface area contributed by atoms with Crippen molar-refractivity contribution >= 4 is 0 Å². The van der Waals surface area contributed by atoms with Crippen LogP contribution in [-0.4, -0.2) is 61.3 Å². The van der Waals surface area contributed by atoms with Gasteiger partial charge in [-0.25, -0.2) is 0 Å². The van der Waals surface area contributed by atoms with Gasteiger partial charge in [0.25, 0.3) is 0 Å². The van der Waals surface area contributed by atoms with Crippen LogP contribution in [0.4, 0.5) is 0 Å². The van der Waals surface area contributed by atoms with Crippen LogP contribution in [0.2, 0.25) is 0 Å². The molecule has 0 saturated carbocycles. The topological polar surface area (TPSA) is 26.7 Å². The number of hydrogen-bond donors (Lipinski definition) is 1. The smallest absolute Gasteiger partial charge is 0.0558 e. The Balaban J connectivity index is 0. The summed E-state index contributed by atoms with van der Waals surface area (Å²) in [6.07, 6.45) is 1.24. The molecule has 3 nitrogen and oxygen atoms in total. The standard InChI is InChI=1S/C8H18N2O.C2H6.Y/c1-9(2)8-3-4-10(7-8)5-6-11;1-2;/h8,11H,3-7H2,1-2H3;1-2H3;. The van der Waals surface area contributed by atoms with Crippen LogP contribution < -0.4 is 0 Å². The van der Waals surface area contributed by atoms with E-state index < -0.39 is 0 Å². The van der Waals surface area contributed by atoms with Gasteiger partial charge in [0.2, 0.25) is 0 Å². The molecule has 0 aromatic rings. The molecule has 14 heavy (non-hydrogen) atoms. The molecule has 1 saturated heterocycles. The van der Waals surface area contributed by atoms with Crippen LogP contribution in [0.5, 0.6) is 0 Å². The molecule has 0 aliphatic carbocycles. The number of aliphatic hydroxyl groups excluding tert-OH is 1. The van der Waals surface area contributed by atoms with E-state index >= 15 is 0 Å². The van der Waals surface area contributed by atoms with Gasteiger partial charge in [0, 0.05) is 51.8 Å². The second-order valence-electron chi connectivity index (χ2n) is 3.43. The van der Waals surface area contributed by atoms with Crippen LogP contribution in [0, 0.1) is 0 Å². The number of likely N-dealkylation sites (N-methyl/N-ethyl adjacent to an activating group) is 1. The summed E-state index contributed by atoms with van der Waals surface area (Å²) >= 11 is 0. The molecule has 0 aromatic heterocycles. The van der Waals surface area contributed by atoms with E-state index in [0.29, 0.717) is 12.6 Å². The summed E-state index contributed by atoms with van der Waals surface area (Å²) in [5, 5.41) is 8.70. The molecule has 1 heterocycles. The van der Waals surface area contributed by atoms with E-state index in [0.717, 1.165) is 19.6 Å². The van der Waals surface area contributed by atoms with Crippen molar-refractivity contribution in [2.75, 3.05) is 40.3 Å². The summed E-state index contributed by atoms with van der Waals surface area (Å²) in [5.74, 6) is 0. The van der Waals surface area contributed by atoms with Crippen molar-refractivity contribution in [2.24, 2.45) is 0 Å². The van der Waals surface area contributed by atoms with Crippen molar-refractivity contribution < 1.29 is 37.8 Å². The van der Waals surface area contributed by atoms with Gasteiger partial charge in [-0.3, -0.25) is 4.90 Å². The van der Waals surface area contributed by atoms with Crippen LogP contribution in [0.25, 0.3) is 0 Å². The summed E-state index contributed by atoms with van der Waals surface area (Å²) in [5.41, 5.74) is 0. The average molecular weight is 277 g/mol. The first kappa shape index (κ1) is 17.4. The van der Waals surface area contributed by atoms with Crippen molar-refractivity contribution in [3.63, 3.8) is 0 Å². The summed E-state index contributed by atoms with van der Waals surface area (Å²) in [6.45, 7) is 7.39. The fraction of sp³-hybridized carbons (Fsp3) is 1.00. The third-order valence-electron chi connectivity index (χ3n) is 2.39. The molecular formula is C10H24N2OY. The largest absolute Gasteiger partial charge is 0.395 e. The van der Waals surface area contributed by atoms with E-state index in [2.05, 4.69) is 23.9 Å². The Labute approximate surface area is 114 Å². The van der Waals surface area contributed by atoms with E-state index in [4.69, 9.17) is 5.11 Å². The molecule has 1 N–H and O–H groups in total. The van der Waals surface area contributed by atoms with E-state index in [1.165, 1.54) is 6.42 Å². The first-order valence-corrected chi connectivity index (χ1v) is 5.23. The van der Waals surface area contributed by atoms with Crippen molar-refractivity contribution in [3.05, 3.63) is 0 Å². The predicted octanol–water partition coefficient (Wildman–Crippen LogP) is 0.638. The molecule has 0 bridgehead atoms. The fourth-order valence-electron chi connectivity index (χ4n) is 1.58. The normalized spacial score (nSPS) is 21.4. The molecule has 1 fully saturated rings. The molecule has 0 spiro atoms. The van der Waals surface area contributed by atoms with Crippen molar-refractivity contribution in [1.29, 1.82) is 0 Å². The van der Waals surface area contributed by atoms with Gasteiger partial charge in [-0.05, 0) is 27.1 Å². The molecule has 0 aromatic carbocycles. The van der Waals surface area contributed by atoms with Gasteiger partial charge in [0.1, 0.15) is 0 Å². The average Bonchev–Trinajstić information content (AvgIpc) is 2.57. The minimum absolute atomic E-state index is 0. The maximum atomic E-state index is 8.70. The van der Waals surface area contributed by atoms with Gasteiger partial charge in [-0.1, -0.05) is 13.8 Å². The quantitative estimate of drug-likeness (QED) is 0.820. The van der Waals surface area contributed by atoms with Crippen LogP contribution in [0.1, 0.15) is 20.3 Å². The molecule has 83 valence electrons.